The summed E-state index contributed by atoms with van der Waals surface area (Å²) in [6, 6.07) is 8.49. The van der Waals surface area contributed by atoms with Gasteiger partial charge in [-0.1, -0.05) is 0 Å². The van der Waals surface area contributed by atoms with E-state index in [1.165, 1.54) is 36.4 Å². The zero-order valence-electron chi connectivity index (χ0n) is 27.6. The highest BCUT2D eigenvalue weighted by Gasteiger charge is 2.39. The van der Waals surface area contributed by atoms with Crippen LogP contribution in [0.15, 0.2) is 55.6 Å². The van der Waals surface area contributed by atoms with Gasteiger partial charge >= 0.3 is 0 Å². The van der Waals surface area contributed by atoms with Gasteiger partial charge in [-0.05, 0) is 36.4 Å². The Morgan fingerprint density at radius 3 is 0.923 bits per heavy atom. The molecule has 0 unspecified atom stereocenters. The number of benzene rings is 3. The summed E-state index contributed by atoms with van der Waals surface area (Å²) >= 11 is 0. The van der Waals surface area contributed by atoms with Crippen molar-refractivity contribution in [2.75, 3.05) is 65.9 Å². The van der Waals surface area contributed by atoms with Crippen LogP contribution in [0.5, 0.6) is 0 Å². The van der Waals surface area contributed by atoms with Gasteiger partial charge < -0.3 is 18.9 Å². The maximum Gasteiger partial charge on any atom is 0.261 e. The van der Waals surface area contributed by atoms with Crippen LogP contribution < -0.4 is 22.2 Å². The molecule has 16 nitrogen and oxygen atoms in total. The summed E-state index contributed by atoms with van der Waals surface area (Å²) in [7, 11) is 0. The molecule has 4 amide bonds. The molecule has 12 heterocycles. The Balaban J connectivity index is 1.04. The van der Waals surface area contributed by atoms with E-state index in [0.29, 0.717) is 0 Å². The van der Waals surface area contributed by atoms with Gasteiger partial charge in [0.15, 0.2) is 0 Å². The first kappa shape index (κ1) is 33.5. The van der Waals surface area contributed by atoms with E-state index in [1.807, 2.05) is 0 Å². The van der Waals surface area contributed by atoms with Crippen LogP contribution in [0.1, 0.15) is 41.4 Å². The fourth-order valence-electron chi connectivity index (χ4n) is 7.13. The molecule has 266 valence electrons. The van der Waals surface area contributed by atoms with Gasteiger partial charge in [-0.2, -0.15) is 0 Å². The predicted octanol–water partition coefficient (Wildman–Crippen LogP) is 0.0378. The molecule has 0 saturated heterocycles. The first-order valence-electron chi connectivity index (χ1n) is 16.7. The zero-order chi connectivity index (χ0) is 36.3. The lowest BCUT2D eigenvalue weighted by molar-refractivity contribution is 0.0313. The molecule has 14 bridgehead atoms. The standard InChI is InChI=1S/C36H30N4O12/c41-29-19-1-2-20-28-22-4-3-21(27(19)28)31(43)37(29)5-9-49-13-15-51-11-7-39-33(45)23-17-25-26(18-24(23)34(39)46)36(48)40(35(25)47)8-12-52-16-14-50-10-6-38(30(20)42)32(22)44/h1-4,17-18H,5-16H2. The molecular formula is C36H30N4O12. The van der Waals surface area contributed by atoms with Crippen molar-refractivity contribution in [2.24, 2.45) is 0 Å². The molecule has 0 aliphatic carbocycles. The SMILES string of the molecule is O=C1c2ccc3c4c5ccc(c24)C(=O)N1CCOCCOCCn1c(=O)c2cc4c(=O)n(c(=O)c4cc2c1=O)CCOCCOCCN(C3=O)C5=O. The largest absolute Gasteiger partial charge is 0.377 e. The summed E-state index contributed by atoms with van der Waals surface area (Å²) in [5, 5.41) is 0.624. The van der Waals surface area contributed by atoms with Crippen LogP contribution in [0.25, 0.3) is 32.3 Å². The molecule has 3 aromatic carbocycles. The van der Waals surface area contributed by atoms with Gasteiger partial charge in [0.25, 0.3) is 45.9 Å². The molecule has 0 atom stereocenters. The maximum atomic E-state index is 13.5. The van der Waals surface area contributed by atoms with E-state index in [0.717, 1.165) is 18.9 Å². The van der Waals surface area contributed by atoms with Crippen molar-refractivity contribution in [3.05, 3.63) is 100 Å². The number of carbonyl (C=O) groups excluding carboxylic acids is 4. The van der Waals surface area contributed by atoms with Crippen molar-refractivity contribution in [2.45, 2.75) is 13.1 Å². The Morgan fingerprint density at radius 1 is 0.365 bits per heavy atom. The van der Waals surface area contributed by atoms with E-state index in [2.05, 4.69) is 0 Å². The second-order valence-corrected chi connectivity index (χ2v) is 12.5. The summed E-state index contributed by atoms with van der Waals surface area (Å²) < 4.78 is 24.3. The quantitative estimate of drug-likeness (QED) is 0.197. The molecule has 2 aromatic heterocycles. The average Bonchev–Trinajstić information content (AvgIpc) is 3.52. The lowest BCUT2D eigenvalue weighted by Gasteiger charge is -2.31. The van der Waals surface area contributed by atoms with Gasteiger partial charge in [-0.25, -0.2) is 0 Å². The van der Waals surface area contributed by atoms with Crippen LogP contribution in [-0.4, -0.2) is 109 Å². The number of nitrogens with zero attached hydrogens (tertiary/aromatic N) is 4. The second-order valence-electron chi connectivity index (χ2n) is 12.5. The monoisotopic (exact) mass is 710 g/mol. The Morgan fingerprint density at radius 2 is 0.635 bits per heavy atom. The highest BCUT2D eigenvalue weighted by atomic mass is 16.5. The van der Waals surface area contributed by atoms with Crippen molar-refractivity contribution >= 4 is 55.9 Å². The molecule has 10 aliphatic heterocycles. The molecule has 0 fully saturated rings. The van der Waals surface area contributed by atoms with Crippen LogP contribution in [0.4, 0.5) is 0 Å². The van der Waals surface area contributed by atoms with Gasteiger partial charge in [0.05, 0.1) is 101 Å². The normalized spacial score (nSPS) is 18.3. The van der Waals surface area contributed by atoms with Gasteiger partial charge in [-0.15, -0.1) is 0 Å². The van der Waals surface area contributed by atoms with Crippen molar-refractivity contribution < 1.29 is 38.1 Å². The van der Waals surface area contributed by atoms with E-state index in [4.69, 9.17) is 18.9 Å². The summed E-state index contributed by atoms with van der Waals surface area (Å²) in [6.45, 7) is 0.00937. The maximum absolute atomic E-state index is 13.5. The minimum Gasteiger partial charge on any atom is -0.377 e. The molecule has 5 aromatic rings. The minimum atomic E-state index is -0.604. The molecule has 0 radical (unpaired) electrons. The number of hydrogen-bond donors (Lipinski definition) is 0. The zero-order valence-corrected chi connectivity index (χ0v) is 27.6. The van der Waals surface area contributed by atoms with Crippen LogP contribution in [0.2, 0.25) is 0 Å². The number of hydrogen-bond acceptors (Lipinski definition) is 12. The minimum absolute atomic E-state index is 0.00640. The number of imide groups is 2. The third-order valence-corrected chi connectivity index (χ3v) is 9.70. The number of ether oxygens (including phenoxy) is 4. The Hall–Kier alpha value is -5.68. The van der Waals surface area contributed by atoms with Gasteiger partial charge in [0, 0.05) is 33.0 Å². The highest BCUT2D eigenvalue weighted by Crippen LogP contribution is 2.37. The van der Waals surface area contributed by atoms with Gasteiger partial charge in [-0.3, -0.25) is 57.3 Å². The van der Waals surface area contributed by atoms with Crippen molar-refractivity contribution in [3.63, 3.8) is 0 Å². The third kappa shape index (κ3) is 5.21. The van der Waals surface area contributed by atoms with Crippen LogP contribution in [0.3, 0.4) is 0 Å². The van der Waals surface area contributed by atoms with Crippen LogP contribution in [0, 0.1) is 0 Å². The molecule has 0 spiro atoms. The van der Waals surface area contributed by atoms with Gasteiger partial charge in [0.1, 0.15) is 0 Å². The Kier molecular flexibility index (Phi) is 8.45. The fourth-order valence-corrected chi connectivity index (χ4v) is 7.13. The van der Waals surface area contributed by atoms with E-state index in [9.17, 15) is 38.4 Å². The van der Waals surface area contributed by atoms with E-state index < -0.39 is 45.9 Å². The lowest BCUT2D eigenvalue weighted by Crippen LogP contribution is -2.45. The number of rotatable bonds is 0. The number of carbonyl (C=O) groups is 4. The lowest BCUT2D eigenvalue weighted by atomic mass is 9.86. The van der Waals surface area contributed by atoms with E-state index in [-0.39, 0.29) is 134 Å². The second kappa shape index (κ2) is 13.1. The van der Waals surface area contributed by atoms with Crippen molar-refractivity contribution in [3.8, 4) is 0 Å². The third-order valence-electron chi connectivity index (χ3n) is 9.70. The summed E-state index contributed by atoms with van der Waals surface area (Å²) in [4.78, 5) is 109. The predicted molar refractivity (Wildman–Crippen MR) is 183 cm³/mol. The smallest absolute Gasteiger partial charge is 0.261 e. The summed E-state index contributed by atoms with van der Waals surface area (Å²) in [5.41, 5.74) is -1.64. The molecule has 0 saturated carbocycles. The molecule has 16 heteroatoms. The molecule has 52 heavy (non-hydrogen) atoms. The molecule has 0 N–H and O–H groups in total. The average molecular weight is 711 g/mol. The molecular weight excluding hydrogens is 680 g/mol. The summed E-state index contributed by atoms with van der Waals surface area (Å²) in [6.07, 6.45) is 0. The topological polar surface area (TPSA) is 190 Å². The molecule has 15 rings (SSSR count). The van der Waals surface area contributed by atoms with Gasteiger partial charge in [0.2, 0.25) is 0 Å². The van der Waals surface area contributed by atoms with E-state index in [1.54, 1.807) is 0 Å². The molecule has 10 aliphatic rings. The Bertz CT molecular complexity index is 2260. The number of aromatic nitrogens is 2. The first-order valence-corrected chi connectivity index (χ1v) is 16.7. The van der Waals surface area contributed by atoms with Crippen molar-refractivity contribution in [1.82, 2.24) is 18.9 Å². The van der Waals surface area contributed by atoms with Crippen molar-refractivity contribution in [1.29, 1.82) is 0 Å². The van der Waals surface area contributed by atoms with Crippen LogP contribution >= 0.6 is 0 Å². The fraction of sp³-hybridized carbons (Fsp3) is 0.333. The first-order chi connectivity index (χ1) is 25.2. The number of amides is 4. The van der Waals surface area contributed by atoms with Crippen LogP contribution in [-0.2, 0) is 32.0 Å². The summed E-state index contributed by atoms with van der Waals surface area (Å²) in [5.74, 6) is -2.31. The Labute approximate surface area is 291 Å². The van der Waals surface area contributed by atoms with E-state index >= 15 is 0 Å². The highest BCUT2D eigenvalue weighted by molar-refractivity contribution is 6.33.